The average Bonchev–Trinajstić information content (AvgIpc) is 3.98. The van der Waals surface area contributed by atoms with Gasteiger partial charge in [-0.2, -0.15) is 23.7 Å². The van der Waals surface area contributed by atoms with Gasteiger partial charge >= 0.3 is 6.18 Å². The Kier molecular flexibility index (Phi) is 11.9. The highest BCUT2D eigenvalue weighted by Crippen LogP contribution is 2.46. The van der Waals surface area contributed by atoms with E-state index in [4.69, 9.17) is 0 Å². The first-order chi connectivity index (χ1) is 38.8. The maximum absolute atomic E-state index is 14.2. The Morgan fingerprint density at radius 1 is 0.325 bits per heavy atom. The number of benzene rings is 11. The molecule has 0 aliphatic rings. The minimum absolute atomic E-state index is 0.118. The summed E-state index contributed by atoms with van der Waals surface area (Å²) in [4.78, 5) is 0. The largest absolute Gasteiger partial charge is 0.416 e. The first-order valence-corrected chi connectivity index (χ1v) is 26.6. The average molecular weight is 1040 g/mol. The van der Waals surface area contributed by atoms with Crippen LogP contribution in [-0.4, -0.2) is 9.13 Å². The Hall–Kier alpha value is -10.2. The van der Waals surface area contributed by atoms with Crippen molar-refractivity contribution in [1.29, 1.82) is 10.5 Å². The third-order valence-electron chi connectivity index (χ3n) is 15.8. The Bertz CT molecular complexity index is 4510. The molecular formula is C73H49F3N4. The van der Waals surface area contributed by atoms with E-state index in [0.717, 1.165) is 112 Å². The zero-order valence-electron chi connectivity index (χ0n) is 44.3. The molecule has 0 unspecified atom stereocenters. The molecule has 0 radical (unpaired) electrons. The summed E-state index contributed by atoms with van der Waals surface area (Å²) < 4.78 is 47.2. The van der Waals surface area contributed by atoms with Gasteiger partial charge in [0, 0.05) is 32.7 Å². The van der Waals surface area contributed by atoms with Gasteiger partial charge in [0.15, 0.2) is 0 Å². The summed E-state index contributed by atoms with van der Waals surface area (Å²) in [6, 6.07) is 79.8. The second-order valence-corrected chi connectivity index (χ2v) is 21.0. The summed E-state index contributed by atoms with van der Waals surface area (Å²) in [5.41, 5.74) is 19.9. The third-order valence-corrected chi connectivity index (χ3v) is 15.8. The summed E-state index contributed by atoms with van der Waals surface area (Å²) in [6.45, 7) is 8.33. The van der Waals surface area contributed by atoms with Crippen LogP contribution in [0.4, 0.5) is 13.2 Å². The zero-order chi connectivity index (χ0) is 55.0. The minimum Gasteiger partial charge on any atom is -0.309 e. The number of rotatable bonds is 8. The monoisotopic (exact) mass is 1040 g/mol. The molecule has 0 spiro atoms. The molecule has 7 heteroatoms. The van der Waals surface area contributed by atoms with E-state index in [2.05, 4.69) is 219 Å². The van der Waals surface area contributed by atoms with Crippen LogP contribution in [0.3, 0.4) is 0 Å². The number of aryl methyl sites for hydroxylation is 4. The molecule has 11 aromatic carbocycles. The second-order valence-electron chi connectivity index (χ2n) is 21.0. The lowest BCUT2D eigenvalue weighted by Gasteiger charge is -2.21. The molecule has 0 amide bonds. The number of fused-ring (bicyclic) bond motifs is 6. The van der Waals surface area contributed by atoms with Crippen molar-refractivity contribution in [3.8, 4) is 90.3 Å². The van der Waals surface area contributed by atoms with Gasteiger partial charge in [0.1, 0.15) is 0 Å². The number of hydrogen-bond donors (Lipinski definition) is 0. The quantitative estimate of drug-likeness (QED) is 0.152. The number of hydrogen-bond acceptors (Lipinski definition) is 2. The molecule has 0 bridgehead atoms. The van der Waals surface area contributed by atoms with Gasteiger partial charge in [-0.15, -0.1) is 0 Å². The van der Waals surface area contributed by atoms with Crippen molar-refractivity contribution in [2.75, 3.05) is 0 Å². The molecule has 0 saturated heterocycles. The Morgan fingerprint density at radius 3 is 1.06 bits per heavy atom. The van der Waals surface area contributed by atoms with E-state index >= 15 is 0 Å². The molecule has 2 aromatic heterocycles. The van der Waals surface area contributed by atoms with Crippen molar-refractivity contribution in [3.63, 3.8) is 0 Å². The lowest BCUT2D eigenvalue weighted by molar-refractivity contribution is -0.137. The summed E-state index contributed by atoms with van der Waals surface area (Å²) in [7, 11) is 0. The van der Waals surface area contributed by atoms with E-state index in [1.165, 1.54) is 28.3 Å². The first-order valence-electron chi connectivity index (χ1n) is 26.6. The lowest BCUT2D eigenvalue weighted by Crippen LogP contribution is -2.06. The highest BCUT2D eigenvalue weighted by Gasteiger charge is 2.32. The Labute approximate surface area is 461 Å². The van der Waals surface area contributed by atoms with Gasteiger partial charge in [-0.3, -0.25) is 0 Å². The van der Waals surface area contributed by atoms with Crippen LogP contribution in [0.5, 0.6) is 0 Å². The highest BCUT2D eigenvalue weighted by molar-refractivity contribution is 6.14. The van der Waals surface area contributed by atoms with Crippen LogP contribution in [0.2, 0.25) is 0 Å². The number of nitriles is 2. The number of halogens is 3. The Balaban J connectivity index is 1.12. The molecule has 4 nitrogen and oxygen atoms in total. The number of aromatic nitrogens is 2. The fraction of sp³-hybridized carbons (Fsp3) is 0.0685. The van der Waals surface area contributed by atoms with E-state index in [1.54, 1.807) is 0 Å². The van der Waals surface area contributed by atoms with Crippen LogP contribution in [0.15, 0.2) is 224 Å². The normalized spacial score (nSPS) is 11.7. The van der Waals surface area contributed by atoms with E-state index < -0.39 is 11.7 Å². The topological polar surface area (TPSA) is 57.4 Å². The number of alkyl halides is 3. The molecule has 382 valence electrons. The van der Waals surface area contributed by atoms with Crippen LogP contribution >= 0.6 is 0 Å². The summed E-state index contributed by atoms with van der Waals surface area (Å²) in [6.07, 6.45) is -4.65. The van der Waals surface area contributed by atoms with Gasteiger partial charge in [0.2, 0.25) is 0 Å². The van der Waals surface area contributed by atoms with E-state index in [1.807, 2.05) is 36.4 Å². The maximum atomic E-state index is 14.2. The van der Waals surface area contributed by atoms with Crippen LogP contribution in [-0.2, 0) is 6.18 Å². The predicted molar refractivity (Wildman–Crippen MR) is 321 cm³/mol. The zero-order valence-corrected chi connectivity index (χ0v) is 44.3. The summed E-state index contributed by atoms with van der Waals surface area (Å²) >= 11 is 0. The molecule has 0 aliphatic heterocycles. The van der Waals surface area contributed by atoms with Gasteiger partial charge in [0.25, 0.3) is 0 Å². The fourth-order valence-corrected chi connectivity index (χ4v) is 11.5. The third kappa shape index (κ3) is 8.58. The van der Waals surface area contributed by atoms with Crippen molar-refractivity contribution in [1.82, 2.24) is 9.13 Å². The first kappa shape index (κ1) is 49.4. The molecule has 0 atom stereocenters. The van der Waals surface area contributed by atoms with Gasteiger partial charge < -0.3 is 9.13 Å². The molecule has 13 aromatic rings. The molecule has 80 heavy (non-hydrogen) atoms. The fourth-order valence-electron chi connectivity index (χ4n) is 11.5. The van der Waals surface area contributed by atoms with Crippen LogP contribution < -0.4 is 0 Å². The summed E-state index contributed by atoms with van der Waals surface area (Å²) in [5.74, 6) is 0. The van der Waals surface area contributed by atoms with Crippen molar-refractivity contribution in [2.45, 2.75) is 33.9 Å². The van der Waals surface area contributed by atoms with Crippen molar-refractivity contribution >= 4 is 43.6 Å². The predicted octanol–water partition coefficient (Wildman–Crippen LogP) is 19.9. The second kappa shape index (κ2) is 19.4. The molecule has 0 fully saturated rings. The van der Waals surface area contributed by atoms with E-state index in [0.29, 0.717) is 27.8 Å². The molecular weight excluding hydrogens is 990 g/mol. The van der Waals surface area contributed by atoms with Gasteiger partial charge in [-0.05, 0) is 168 Å². The SMILES string of the molecule is Cc1ccc(-c2ccc3c(c2)c2cc(-c4ccc(C)cc4)ccc2n3-c2ccc(-c3ccc(C(F)(F)F)cc3C#N)cc2-c2c(C#N)cccc2-n2c3ccc(-c4ccc(C)cc4)cc3c3cc(-c4ccc(C)cc4)ccc32)cc1. The molecule has 13 rings (SSSR count). The van der Waals surface area contributed by atoms with Gasteiger partial charge in [-0.1, -0.05) is 162 Å². The van der Waals surface area contributed by atoms with Crippen molar-refractivity contribution in [3.05, 3.63) is 263 Å². The van der Waals surface area contributed by atoms with Crippen LogP contribution in [0.1, 0.15) is 38.9 Å². The van der Waals surface area contributed by atoms with E-state index in [-0.39, 0.29) is 5.56 Å². The standard InChI is InChI=1S/C73H49F3N4/c1-44-8-16-48(17-9-44)52-24-31-66-61(37-52)62-38-53(49-18-10-45(2)11-19-49)25-32-67(62)79(66)70-35-28-56(60-30-29-59(73(74,75)76)36-58(60)43-78)41-65(70)72-57(42-77)6-5-7-71(72)80-68-33-26-54(50-20-12-46(3)13-21-50)39-63(68)64-40-55(27-34-69(64)80)51-22-14-47(4)15-23-51/h5-41H,1-4H3. The number of nitrogens with zero attached hydrogens (tertiary/aromatic N) is 4. The highest BCUT2D eigenvalue weighted by atomic mass is 19.4. The maximum Gasteiger partial charge on any atom is 0.416 e. The van der Waals surface area contributed by atoms with Gasteiger partial charge in [-0.25, -0.2) is 0 Å². The molecule has 0 aliphatic carbocycles. The lowest BCUT2D eigenvalue weighted by atomic mass is 9.91. The summed E-state index contributed by atoms with van der Waals surface area (Å²) in [5, 5.41) is 26.0. The van der Waals surface area contributed by atoms with Crippen LogP contribution in [0.25, 0.3) is 122 Å². The minimum atomic E-state index is -4.65. The van der Waals surface area contributed by atoms with Crippen molar-refractivity contribution < 1.29 is 13.2 Å². The molecule has 0 saturated carbocycles. The van der Waals surface area contributed by atoms with Crippen molar-refractivity contribution in [2.24, 2.45) is 0 Å². The Morgan fingerprint density at radius 2 is 0.688 bits per heavy atom. The smallest absolute Gasteiger partial charge is 0.309 e. The molecule has 0 N–H and O–H groups in total. The molecule has 2 heterocycles. The van der Waals surface area contributed by atoms with Crippen LogP contribution in [0, 0.1) is 50.4 Å². The van der Waals surface area contributed by atoms with Gasteiger partial charge in [0.05, 0.1) is 62.3 Å². The van der Waals surface area contributed by atoms with E-state index in [9.17, 15) is 23.7 Å².